The number of aromatic nitrogens is 4. The summed E-state index contributed by atoms with van der Waals surface area (Å²) in [4.78, 5) is 7.76. The lowest BCUT2D eigenvalue weighted by molar-refractivity contribution is 0.414. The molecule has 0 saturated carbocycles. The lowest BCUT2D eigenvalue weighted by atomic mass is 10.6. The molecule has 13 heavy (non-hydrogen) atoms. The Morgan fingerprint density at radius 2 is 2.38 bits per heavy atom. The average Bonchev–Trinajstić information content (AvgIpc) is 2.48. The Morgan fingerprint density at radius 3 is 3.08 bits per heavy atom. The Morgan fingerprint density at radius 1 is 1.62 bits per heavy atom. The van der Waals surface area contributed by atoms with Crippen LogP contribution in [0.1, 0.15) is 0 Å². The molecule has 2 aromatic rings. The number of rotatable bonds is 1. The Labute approximate surface area is 78.3 Å². The first kappa shape index (κ1) is 8.06. The second kappa shape index (κ2) is 2.74. The number of methoxy groups -OCH3 is 1. The summed E-state index contributed by atoms with van der Waals surface area (Å²) in [6.07, 6.45) is 1.46. The maximum atomic E-state index is 5.74. The van der Waals surface area contributed by atoms with Crippen molar-refractivity contribution in [3.63, 3.8) is 0 Å². The molecule has 0 fully saturated rings. The van der Waals surface area contributed by atoms with Crippen LogP contribution < -0.4 is 10.5 Å². The first-order chi connectivity index (χ1) is 6.22. The molecular formula is C6H6ClN5O. The van der Waals surface area contributed by atoms with Crippen molar-refractivity contribution in [3.8, 4) is 5.75 Å². The molecule has 0 aliphatic heterocycles. The zero-order chi connectivity index (χ0) is 9.42. The van der Waals surface area contributed by atoms with E-state index in [1.165, 1.54) is 17.8 Å². The van der Waals surface area contributed by atoms with Crippen LogP contribution in [0.15, 0.2) is 6.20 Å². The number of nitrogens with zero attached hydrogens (tertiary/aromatic N) is 4. The minimum atomic E-state index is 0.133. The van der Waals surface area contributed by atoms with Gasteiger partial charge in [0.1, 0.15) is 0 Å². The smallest absolute Gasteiger partial charge is 0.240 e. The number of nitrogen functional groups attached to an aromatic ring is 1. The molecule has 68 valence electrons. The van der Waals surface area contributed by atoms with Crippen LogP contribution in [0.3, 0.4) is 0 Å². The first-order valence-electron chi connectivity index (χ1n) is 3.43. The molecule has 0 aromatic carbocycles. The summed E-state index contributed by atoms with van der Waals surface area (Å²) in [6.45, 7) is 0. The molecule has 0 aliphatic rings. The second-order valence-corrected chi connectivity index (χ2v) is 2.64. The zero-order valence-corrected chi connectivity index (χ0v) is 7.49. The Bertz CT molecular complexity index is 453. The number of hydrogen-bond acceptors (Lipinski definition) is 5. The van der Waals surface area contributed by atoms with E-state index in [1.807, 2.05) is 0 Å². The molecule has 6 nitrogen and oxygen atoms in total. The van der Waals surface area contributed by atoms with Crippen molar-refractivity contribution < 1.29 is 4.74 Å². The van der Waals surface area contributed by atoms with E-state index >= 15 is 0 Å². The quantitative estimate of drug-likeness (QED) is 0.672. The highest BCUT2D eigenvalue weighted by Gasteiger charge is 2.09. The van der Waals surface area contributed by atoms with Gasteiger partial charge < -0.3 is 10.5 Å². The van der Waals surface area contributed by atoms with Gasteiger partial charge in [0.2, 0.25) is 16.9 Å². The van der Waals surface area contributed by atoms with Crippen LogP contribution in [-0.2, 0) is 0 Å². The number of fused-ring (bicyclic) bond motifs is 1. The van der Waals surface area contributed by atoms with Crippen molar-refractivity contribution in [2.75, 3.05) is 12.8 Å². The van der Waals surface area contributed by atoms with Gasteiger partial charge in [-0.3, -0.25) is 0 Å². The van der Waals surface area contributed by atoms with Crippen LogP contribution in [0, 0.1) is 0 Å². The number of anilines is 1. The summed E-state index contributed by atoms with van der Waals surface area (Å²) in [7, 11) is 1.51. The summed E-state index contributed by atoms with van der Waals surface area (Å²) < 4.78 is 6.31. The fourth-order valence-corrected chi connectivity index (χ4v) is 1.15. The minimum absolute atomic E-state index is 0.133. The molecule has 0 bridgehead atoms. The van der Waals surface area contributed by atoms with E-state index in [4.69, 9.17) is 22.1 Å². The molecule has 0 saturated heterocycles. The topological polar surface area (TPSA) is 78.3 Å². The van der Waals surface area contributed by atoms with Gasteiger partial charge in [-0.2, -0.15) is 9.50 Å². The van der Waals surface area contributed by atoms with E-state index in [9.17, 15) is 0 Å². The molecule has 0 radical (unpaired) electrons. The summed E-state index contributed by atoms with van der Waals surface area (Å²) in [5.74, 6) is 0.613. The number of nitrogens with two attached hydrogens (primary N) is 1. The summed E-state index contributed by atoms with van der Waals surface area (Å²) >= 11 is 5.74. The van der Waals surface area contributed by atoms with Crippen molar-refractivity contribution in [1.82, 2.24) is 19.6 Å². The van der Waals surface area contributed by atoms with Crippen LogP contribution in [0.2, 0.25) is 5.28 Å². The van der Waals surface area contributed by atoms with Crippen LogP contribution in [0.5, 0.6) is 5.75 Å². The highest BCUT2D eigenvalue weighted by Crippen LogP contribution is 2.19. The molecule has 2 rings (SSSR count). The largest absolute Gasteiger partial charge is 0.491 e. The summed E-state index contributed by atoms with van der Waals surface area (Å²) in [5.41, 5.74) is 5.86. The van der Waals surface area contributed by atoms with Gasteiger partial charge in [-0.1, -0.05) is 0 Å². The highest BCUT2D eigenvalue weighted by atomic mass is 35.5. The van der Waals surface area contributed by atoms with Crippen molar-refractivity contribution >= 4 is 23.2 Å². The van der Waals surface area contributed by atoms with Gasteiger partial charge in [-0.25, -0.2) is 4.98 Å². The Hall–Kier alpha value is -1.56. The lowest BCUT2D eigenvalue weighted by Crippen LogP contribution is -1.96. The summed E-state index contributed by atoms with van der Waals surface area (Å²) in [6, 6.07) is 0. The first-order valence-corrected chi connectivity index (χ1v) is 3.81. The molecule has 2 N–H and O–H groups in total. The van der Waals surface area contributed by atoms with E-state index in [1.54, 1.807) is 0 Å². The molecule has 2 aromatic heterocycles. The van der Waals surface area contributed by atoms with Crippen LogP contribution in [0.4, 0.5) is 5.95 Å². The Balaban J connectivity index is 2.83. The molecule has 0 unspecified atom stereocenters. The number of hydrogen-bond donors (Lipinski definition) is 1. The monoisotopic (exact) mass is 199 g/mol. The molecule has 0 aliphatic carbocycles. The normalized spacial score (nSPS) is 10.6. The van der Waals surface area contributed by atoms with Gasteiger partial charge in [0.25, 0.3) is 0 Å². The standard InChI is InChI=1S/C6H6ClN5O/c1-13-3-2-9-5(7)12-4(3)10-6(8)11-12/h2H,1H3,(H2,8,11). The maximum Gasteiger partial charge on any atom is 0.240 e. The molecule has 0 spiro atoms. The van der Waals surface area contributed by atoms with Crippen LogP contribution >= 0.6 is 11.6 Å². The van der Waals surface area contributed by atoms with E-state index in [0.29, 0.717) is 11.4 Å². The predicted octanol–water partition coefficient (Wildman–Crippen LogP) is 0.368. The average molecular weight is 200 g/mol. The molecule has 7 heteroatoms. The van der Waals surface area contributed by atoms with Gasteiger partial charge in [-0.15, -0.1) is 5.10 Å². The van der Waals surface area contributed by atoms with Gasteiger partial charge in [0.05, 0.1) is 13.3 Å². The van der Waals surface area contributed by atoms with Gasteiger partial charge in [0.15, 0.2) is 5.75 Å². The number of halogens is 1. The van der Waals surface area contributed by atoms with Gasteiger partial charge >= 0.3 is 0 Å². The molecule has 0 atom stereocenters. The fraction of sp³-hybridized carbons (Fsp3) is 0.167. The van der Waals surface area contributed by atoms with Crippen molar-refractivity contribution in [3.05, 3.63) is 11.5 Å². The van der Waals surface area contributed by atoms with Gasteiger partial charge in [0, 0.05) is 0 Å². The predicted molar refractivity (Wildman–Crippen MR) is 46.8 cm³/mol. The molecule has 0 amide bonds. The van der Waals surface area contributed by atoms with E-state index in [-0.39, 0.29) is 11.2 Å². The molecular weight excluding hydrogens is 194 g/mol. The van der Waals surface area contributed by atoms with Crippen molar-refractivity contribution in [2.24, 2.45) is 0 Å². The molecule has 2 heterocycles. The van der Waals surface area contributed by atoms with Crippen molar-refractivity contribution in [1.29, 1.82) is 0 Å². The third-order valence-corrected chi connectivity index (χ3v) is 1.78. The third kappa shape index (κ3) is 1.15. The SMILES string of the molecule is COc1cnc(Cl)n2nc(N)nc12. The number of ether oxygens (including phenoxy) is 1. The van der Waals surface area contributed by atoms with E-state index in [2.05, 4.69) is 15.1 Å². The lowest BCUT2D eigenvalue weighted by Gasteiger charge is -1.99. The summed E-state index contributed by atoms with van der Waals surface area (Å²) in [5, 5.41) is 4.02. The van der Waals surface area contributed by atoms with Crippen LogP contribution in [-0.4, -0.2) is 26.7 Å². The van der Waals surface area contributed by atoms with E-state index in [0.717, 1.165) is 0 Å². The highest BCUT2D eigenvalue weighted by molar-refractivity contribution is 6.28. The fourth-order valence-electron chi connectivity index (χ4n) is 0.984. The Kier molecular flexibility index (Phi) is 1.70. The minimum Gasteiger partial charge on any atom is -0.491 e. The second-order valence-electron chi connectivity index (χ2n) is 2.30. The van der Waals surface area contributed by atoms with Gasteiger partial charge in [-0.05, 0) is 11.6 Å². The van der Waals surface area contributed by atoms with Crippen molar-refractivity contribution in [2.45, 2.75) is 0 Å². The van der Waals surface area contributed by atoms with Crippen LogP contribution in [0.25, 0.3) is 5.65 Å². The van der Waals surface area contributed by atoms with E-state index < -0.39 is 0 Å². The maximum absolute atomic E-state index is 5.74. The zero-order valence-electron chi connectivity index (χ0n) is 6.73. The third-order valence-electron chi connectivity index (χ3n) is 1.53.